The van der Waals surface area contributed by atoms with E-state index in [1.165, 1.54) is 17.1 Å². The Bertz CT molecular complexity index is 882. The van der Waals surface area contributed by atoms with Crippen molar-refractivity contribution in [2.75, 3.05) is 28.8 Å². The molecule has 0 bridgehead atoms. The number of benzene rings is 2. The average molecular weight is 426 g/mol. The Morgan fingerprint density at radius 2 is 1.86 bits per heavy atom. The predicted octanol–water partition coefficient (Wildman–Crippen LogP) is 4.66. The van der Waals surface area contributed by atoms with Gasteiger partial charge in [0.05, 0.1) is 17.5 Å². The minimum Gasteiger partial charge on any atom is -0.380 e. The molecule has 1 aliphatic carbocycles. The van der Waals surface area contributed by atoms with Crippen LogP contribution in [0.3, 0.4) is 0 Å². The van der Waals surface area contributed by atoms with E-state index in [9.17, 15) is 17.9 Å². The van der Waals surface area contributed by atoms with Gasteiger partial charge in [-0.2, -0.15) is 0 Å². The maximum atomic E-state index is 14.5. The highest BCUT2D eigenvalue weighted by Gasteiger charge is 2.42. The quantitative estimate of drug-likeness (QED) is 0.572. The summed E-state index contributed by atoms with van der Waals surface area (Å²) in [5, 5.41) is 3.41. The summed E-state index contributed by atoms with van der Waals surface area (Å²) >= 11 is 0. The summed E-state index contributed by atoms with van der Waals surface area (Å²) in [5.74, 6) is -1.38. The first-order valence-electron chi connectivity index (χ1n) is 9.58. The Morgan fingerprint density at radius 1 is 1.14 bits per heavy atom. The number of halogens is 2. The van der Waals surface area contributed by atoms with Gasteiger partial charge >= 0.3 is 0 Å². The fraction of sp³-hybridized carbons (Fsp3) is 0.400. The van der Waals surface area contributed by atoms with E-state index >= 15 is 0 Å². The van der Waals surface area contributed by atoms with Crippen molar-refractivity contribution in [3.63, 3.8) is 0 Å². The first kappa shape index (κ1) is 20.4. The molecule has 2 aromatic rings. The second kappa shape index (κ2) is 8.08. The van der Waals surface area contributed by atoms with Crippen molar-refractivity contribution in [3.05, 3.63) is 54.1 Å². The zero-order valence-corrected chi connectivity index (χ0v) is 16.9. The monoisotopic (exact) mass is 425 g/mol. The van der Waals surface area contributed by atoms with Crippen LogP contribution in [0.1, 0.15) is 19.3 Å². The smallest absolute Gasteiger partial charge is 0.148 e. The largest absolute Gasteiger partial charge is 0.380 e. The Hall–Kier alpha value is -1.91. The summed E-state index contributed by atoms with van der Waals surface area (Å²) in [6.07, 6.45) is 2.78. The molecule has 0 radical (unpaired) electrons. The molecule has 4 rings (SSSR count). The number of methoxy groups -OCH3 is 1. The Labute approximate surface area is 170 Å². The molecule has 0 saturated heterocycles. The Kier molecular flexibility index (Phi) is 5.67. The predicted molar refractivity (Wildman–Crippen MR) is 112 cm³/mol. The molecule has 1 saturated carbocycles. The van der Waals surface area contributed by atoms with E-state index in [2.05, 4.69) is 5.32 Å². The molecule has 2 aliphatic rings. The van der Waals surface area contributed by atoms with Crippen molar-refractivity contribution in [1.29, 1.82) is 0 Å². The van der Waals surface area contributed by atoms with E-state index in [1.807, 2.05) is 0 Å². The Balaban J connectivity index is 1.60. The molecule has 158 valence electrons. The second-order valence-electron chi connectivity index (χ2n) is 7.30. The van der Waals surface area contributed by atoms with Gasteiger partial charge in [0.25, 0.3) is 0 Å². The average Bonchev–Trinajstić information content (AvgIpc) is 3.49. The number of ether oxygens (including phenoxy) is 1. The third-order valence-corrected chi connectivity index (χ3v) is 7.09. The molecule has 0 amide bonds. The van der Waals surface area contributed by atoms with Crippen LogP contribution in [0.25, 0.3) is 0 Å². The van der Waals surface area contributed by atoms with Crippen molar-refractivity contribution < 1.29 is 22.6 Å². The van der Waals surface area contributed by atoms with E-state index in [-0.39, 0.29) is 18.3 Å². The first-order valence-corrected chi connectivity index (χ1v) is 11.0. The highest BCUT2D eigenvalue weighted by molar-refractivity contribution is 8.27. The van der Waals surface area contributed by atoms with Crippen molar-refractivity contribution in [2.24, 2.45) is 0 Å². The van der Waals surface area contributed by atoms with Crippen LogP contribution >= 0.6 is 11.0 Å². The lowest BCUT2D eigenvalue weighted by atomic mass is 10.2. The summed E-state index contributed by atoms with van der Waals surface area (Å²) in [4.78, 5) is 0. The highest BCUT2D eigenvalue weighted by atomic mass is 32.3. The minimum absolute atomic E-state index is 0.0991. The lowest BCUT2D eigenvalue weighted by molar-refractivity contribution is 0.0963. The molecule has 0 aromatic heterocycles. The van der Waals surface area contributed by atoms with Gasteiger partial charge in [-0.15, -0.1) is 0 Å². The lowest BCUT2D eigenvalue weighted by Gasteiger charge is -2.44. The standard InChI is InChI=1S/C20H25F2N3O3S/c1-28-16(13-23-15-7-8-15)10-11-24-18-4-2-3-5-19(18)25(29(24,26)27)20-12-14(21)6-9-17(20)22/h2-6,9,12,15-16,23,26-27H,7-8,10-11,13H2,1H3/t16-/m1/s1. The van der Waals surface area contributed by atoms with E-state index in [4.69, 9.17) is 4.74 Å². The summed E-state index contributed by atoms with van der Waals surface area (Å²) in [5.41, 5.74) is 0.766. The van der Waals surface area contributed by atoms with Crippen molar-refractivity contribution in [1.82, 2.24) is 5.32 Å². The molecule has 0 spiro atoms. The molecule has 1 atom stereocenters. The normalized spacial score (nSPS) is 19.9. The molecular formula is C20H25F2N3O3S. The van der Waals surface area contributed by atoms with Gasteiger partial charge in [-0.3, -0.25) is 13.4 Å². The number of hydrogen-bond acceptors (Lipinski definition) is 6. The van der Waals surface area contributed by atoms with Gasteiger partial charge in [0.2, 0.25) is 0 Å². The molecule has 29 heavy (non-hydrogen) atoms. The highest BCUT2D eigenvalue weighted by Crippen LogP contribution is 2.64. The summed E-state index contributed by atoms with van der Waals surface area (Å²) in [6.45, 7) is 0.968. The summed E-state index contributed by atoms with van der Waals surface area (Å²) in [6, 6.07) is 10.4. The zero-order chi connectivity index (χ0) is 20.6. The molecule has 0 unspecified atom stereocenters. The third-order valence-electron chi connectivity index (χ3n) is 5.24. The molecule has 1 heterocycles. The van der Waals surface area contributed by atoms with E-state index in [0.29, 0.717) is 30.4 Å². The first-order chi connectivity index (χ1) is 13.9. The van der Waals surface area contributed by atoms with Crippen LogP contribution in [0, 0.1) is 11.6 Å². The van der Waals surface area contributed by atoms with E-state index in [1.54, 1.807) is 31.4 Å². The van der Waals surface area contributed by atoms with Crippen LogP contribution < -0.4 is 13.9 Å². The number of nitrogens with one attached hydrogen (secondary N) is 1. The number of anilines is 3. The molecule has 3 N–H and O–H groups in total. The van der Waals surface area contributed by atoms with E-state index in [0.717, 1.165) is 22.5 Å². The summed E-state index contributed by atoms with van der Waals surface area (Å²) in [7, 11) is -1.99. The number of hydrogen-bond donors (Lipinski definition) is 3. The third kappa shape index (κ3) is 4.06. The van der Waals surface area contributed by atoms with Crippen molar-refractivity contribution in [3.8, 4) is 0 Å². The number of fused-ring (bicyclic) bond motifs is 1. The van der Waals surface area contributed by atoms with Crippen molar-refractivity contribution in [2.45, 2.75) is 31.4 Å². The van der Waals surface area contributed by atoms with Gasteiger partial charge in [0, 0.05) is 32.3 Å². The van der Waals surface area contributed by atoms with Gasteiger partial charge in [-0.25, -0.2) is 13.1 Å². The van der Waals surface area contributed by atoms with Gasteiger partial charge < -0.3 is 10.1 Å². The fourth-order valence-electron chi connectivity index (χ4n) is 3.51. The Morgan fingerprint density at radius 3 is 2.55 bits per heavy atom. The van der Waals surface area contributed by atoms with Crippen molar-refractivity contribution >= 4 is 28.0 Å². The summed E-state index contributed by atoms with van der Waals surface area (Å²) < 4.78 is 58.5. The molecule has 2 aromatic carbocycles. The number of rotatable bonds is 8. The van der Waals surface area contributed by atoms with Gasteiger partial charge in [0.1, 0.15) is 17.3 Å². The van der Waals surface area contributed by atoms with E-state index < -0.39 is 22.6 Å². The molecule has 1 aliphatic heterocycles. The molecule has 1 fully saturated rings. The van der Waals surface area contributed by atoms with Gasteiger partial charge in [-0.05, 0) is 54.5 Å². The van der Waals surface area contributed by atoms with Crippen LogP contribution in [-0.2, 0) is 4.74 Å². The van der Waals surface area contributed by atoms with Crippen LogP contribution in [0.2, 0.25) is 0 Å². The SMILES string of the molecule is CO[C@H](CCN1c2ccccc2N(c2cc(F)ccc2F)S1(O)O)CNC1CC1. The van der Waals surface area contributed by atoms with Crippen LogP contribution in [0.5, 0.6) is 0 Å². The van der Waals surface area contributed by atoms with Gasteiger partial charge in [0.15, 0.2) is 0 Å². The number of para-hydroxylation sites is 2. The van der Waals surface area contributed by atoms with Crippen LogP contribution in [0.15, 0.2) is 42.5 Å². The molecule has 9 heteroatoms. The topological polar surface area (TPSA) is 68.2 Å². The van der Waals surface area contributed by atoms with Gasteiger partial charge in [-0.1, -0.05) is 12.1 Å². The maximum Gasteiger partial charge on any atom is 0.148 e. The molecule has 6 nitrogen and oxygen atoms in total. The van der Waals surface area contributed by atoms with Crippen LogP contribution in [-0.4, -0.2) is 41.5 Å². The fourth-order valence-corrected chi connectivity index (χ4v) is 5.29. The lowest BCUT2D eigenvalue weighted by Crippen LogP contribution is -2.36. The second-order valence-corrected chi connectivity index (χ2v) is 9.09. The minimum atomic E-state index is -3.62. The maximum absolute atomic E-state index is 14.5. The van der Waals surface area contributed by atoms with Crippen LogP contribution in [0.4, 0.5) is 25.8 Å². The number of nitrogens with zero attached hydrogens (tertiary/aromatic N) is 2. The molecular weight excluding hydrogens is 400 g/mol. The zero-order valence-electron chi connectivity index (χ0n) is 16.1.